The molecule has 6 nitrogen and oxygen atoms in total. The Labute approximate surface area is 160 Å². The molecule has 8 heteroatoms. The molecule has 142 valence electrons. The maximum Gasteiger partial charge on any atom is 0.316 e. The third kappa shape index (κ3) is 6.41. The Balaban J connectivity index is 1.70. The number of carbonyl (C=O) groups is 3. The van der Waals surface area contributed by atoms with Gasteiger partial charge in [0.15, 0.2) is 6.61 Å². The molecule has 2 rings (SSSR count). The third-order valence-electron chi connectivity index (χ3n) is 3.63. The van der Waals surface area contributed by atoms with Gasteiger partial charge in [0.1, 0.15) is 5.82 Å². The predicted octanol–water partition coefficient (Wildman–Crippen LogP) is 2.54. The second-order valence-electron chi connectivity index (χ2n) is 5.68. The molecule has 0 atom stereocenters. The zero-order chi connectivity index (χ0) is 19.8. The topological polar surface area (TPSA) is 84.5 Å². The minimum absolute atomic E-state index is 0.0529. The van der Waals surface area contributed by atoms with Crippen LogP contribution in [0.15, 0.2) is 47.4 Å². The van der Waals surface area contributed by atoms with E-state index in [-0.39, 0.29) is 11.3 Å². The average Bonchev–Trinajstić information content (AvgIpc) is 2.65. The van der Waals surface area contributed by atoms with E-state index in [1.165, 1.54) is 30.0 Å². The van der Waals surface area contributed by atoms with Gasteiger partial charge in [-0.25, -0.2) is 4.39 Å². The maximum atomic E-state index is 13.4. The standard InChI is InChI=1S/C19H19FN2O4S/c1-12-7-8-14(9-13(12)2)27-11-18(24)26-10-17(23)21-22-19(25)15-5-3-4-6-16(15)20/h3-9H,10-11H2,1-2H3,(H,21,23)(H,22,25). The normalized spacial score (nSPS) is 10.2. The lowest BCUT2D eigenvalue weighted by molar-refractivity contribution is -0.146. The fourth-order valence-electron chi connectivity index (χ4n) is 2.01. The Hall–Kier alpha value is -2.87. The first-order chi connectivity index (χ1) is 12.9. The van der Waals surface area contributed by atoms with Gasteiger partial charge in [0.25, 0.3) is 11.8 Å². The second kappa shape index (κ2) is 9.72. The van der Waals surface area contributed by atoms with Gasteiger partial charge in [0.2, 0.25) is 0 Å². The number of ether oxygens (including phenoxy) is 1. The molecule has 2 aromatic rings. The lowest BCUT2D eigenvalue weighted by Gasteiger charge is -2.09. The van der Waals surface area contributed by atoms with Gasteiger partial charge in [-0.15, -0.1) is 11.8 Å². The number of hydrogen-bond acceptors (Lipinski definition) is 5. The number of aryl methyl sites for hydroxylation is 2. The number of amides is 2. The van der Waals surface area contributed by atoms with E-state index in [2.05, 4.69) is 10.9 Å². The van der Waals surface area contributed by atoms with Crippen molar-refractivity contribution in [1.82, 2.24) is 10.9 Å². The highest BCUT2D eigenvalue weighted by molar-refractivity contribution is 8.00. The molecule has 2 aromatic carbocycles. The largest absolute Gasteiger partial charge is 0.455 e. The molecule has 2 N–H and O–H groups in total. The van der Waals surface area contributed by atoms with E-state index in [0.29, 0.717) is 0 Å². The summed E-state index contributed by atoms with van der Waals surface area (Å²) in [4.78, 5) is 36.0. The van der Waals surface area contributed by atoms with Crippen LogP contribution in [0.3, 0.4) is 0 Å². The minimum Gasteiger partial charge on any atom is -0.455 e. The summed E-state index contributed by atoms with van der Waals surface area (Å²) in [7, 11) is 0. The van der Waals surface area contributed by atoms with Crippen LogP contribution in [0.25, 0.3) is 0 Å². The van der Waals surface area contributed by atoms with Crippen LogP contribution in [-0.2, 0) is 14.3 Å². The molecule has 27 heavy (non-hydrogen) atoms. The predicted molar refractivity (Wildman–Crippen MR) is 99.6 cm³/mol. The van der Waals surface area contributed by atoms with Crippen LogP contribution in [0.5, 0.6) is 0 Å². The van der Waals surface area contributed by atoms with Crippen LogP contribution < -0.4 is 10.9 Å². The molecule has 0 aliphatic rings. The van der Waals surface area contributed by atoms with E-state index in [4.69, 9.17) is 4.74 Å². The van der Waals surface area contributed by atoms with Crippen molar-refractivity contribution in [3.8, 4) is 0 Å². The first kappa shape index (κ1) is 20.4. The molecule has 0 unspecified atom stereocenters. The number of nitrogens with one attached hydrogen (secondary N) is 2. The van der Waals surface area contributed by atoms with Gasteiger partial charge in [-0.05, 0) is 49.2 Å². The van der Waals surface area contributed by atoms with Crippen LogP contribution in [-0.4, -0.2) is 30.1 Å². The highest BCUT2D eigenvalue weighted by Gasteiger charge is 2.13. The Bertz CT molecular complexity index is 857. The van der Waals surface area contributed by atoms with Crippen molar-refractivity contribution in [1.29, 1.82) is 0 Å². The fraction of sp³-hybridized carbons (Fsp3) is 0.211. The van der Waals surface area contributed by atoms with Gasteiger partial charge in [0.05, 0.1) is 11.3 Å². The van der Waals surface area contributed by atoms with Gasteiger partial charge in [-0.2, -0.15) is 0 Å². The fourth-order valence-corrected chi connectivity index (χ4v) is 2.80. The van der Waals surface area contributed by atoms with Crippen molar-refractivity contribution in [2.45, 2.75) is 18.7 Å². The van der Waals surface area contributed by atoms with E-state index < -0.39 is 30.2 Å². The number of rotatable bonds is 6. The Kier molecular flexibility index (Phi) is 7.36. The molecule has 0 bridgehead atoms. The van der Waals surface area contributed by atoms with Crippen LogP contribution >= 0.6 is 11.8 Å². The molecule has 0 radical (unpaired) electrons. The maximum absolute atomic E-state index is 13.4. The first-order valence-electron chi connectivity index (χ1n) is 8.06. The number of thioether (sulfide) groups is 1. The summed E-state index contributed by atoms with van der Waals surface area (Å²) in [5.74, 6) is -2.76. The lowest BCUT2D eigenvalue weighted by Crippen LogP contribution is -2.43. The Morgan fingerprint density at radius 2 is 1.78 bits per heavy atom. The molecule has 0 fully saturated rings. The minimum atomic E-state index is -0.807. The van der Waals surface area contributed by atoms with Crippen molar-refractivity contribution in [3.63, 3.8) is 0 Å². The molecule has 0 aromatic heterocycles. The van der Waals surface area contributed by atoms with E-state index in [9.17, 15) is 18.8 Å². The van der Waals surface area contributed by atoms with E-state index >= 15 is 0 Å². The van der Waals surface area contributed by atoms with Crippen LogP contribution in [0.2, 0.25) is 0 Å². The molecular weight excluding hydrogens is 371 g/mol. The first-order valence-corrected chi connectivity index (χ1v) is 9.05. The van der Waals surface area contributed by atoms with Gasteiger partial charge in [-0.3, -0.25) is 25.2 Å². The number of benzene rings is 2. The van der Waals surface area contributed by atoms with Gasteiger partial charge >= 0.3 is 5.97 Å². The smallest absolute Gasteiger partial charge is 0.316 e. The number of hydrazine groups is 1. The van der Waals surface area contributed by atoms with Gasteiger partial charge < -0.3 is 4.74 Å². The summed E-state index contributed by atoms with van der Waals surface area (Å²) >= 11 is 1.30. The van der Waals surface area contributed by atoms with E-state index in [1.54, 1.807) is 0 Å². The number of carbonyl (C=O) groups excluding carboxylic acids is 3. The summed E-state index contributed by atoms with van der Waals surface area (Å²) in [6.07, 6.45) is 0. The van der Waals surface area contributed by atoms with Crippen molar-refractivity contribution in [2.24, 2.45) is 0 Å². The summed E-state index contributed by atoms with van der Waals surface area (Å²) in [5, 5.41) is 0. The molecule has 0 aliphatic carbocycles. The zero-order valence-corrected chi connectivity index (χ0v) is 15.7. The highest BCUT2D eigenvalue weighted by atomic mass is 32.2. The molecule has 2 amide bonds. The molecule has 0 spiro atoms. The Morgan fingerprint density at radius 3 is 2.48 bits per heavy atom. The van der Waals surface area contributed by atoms with Crippen LogP contribution in [0.1, 0.15) is 21.5 Å². The molecule has 0 heterocycles. The summed E-state index contributed by atoms with van der Waals surface area (Å²) in [5.41, 5.74) is 6.20. The average molecular weight is 390 g/mol. The van der Waals surface area contributed by atoms with Crippen molar-refractivity contribution >= 4 is 29.5 Å². The van der Waals surface area contributed by atoms with E-state index in [0.717, 1.165) is 22.1 Å². The third-order valence-corrected chi connectivity index (χ3v) is 4.60. The molecular formula is C19H19FN2O4S. The SMILES string of the molecule is Cc1ccc(SCC(=O)OCC(=O)NNC(=O)c2ccccc2F)cc1C. The van der Waals surface area contributed by atoms with Gasteiger partial charge in [0, 0.05) is 4.90 Å². The van der Waals surface area contributed by atoms with Crippen molar-refractivity contribution in [3.05, 3.63) is 65.0 Å². The summed E-state index contributed by atoms with van der Waals surface area (Å²) < 4.78 is 18.3. The molecule has 0 saturated carbocycles. The van der Waals surface area contributed by atoms with Crippen LogP contribution in [0, 0.1) is 19.7 Å². The lowest BCUT2D eigenvalue weighted by atomic mass is 10.1. The van der Waals surface area contributed by atoms with Crippen molar-refractivity contribution < 1.29 is 23.5 Å². The van der Waals surface area contributed by atoms with Gasteiger partial charge in [-0.1, -0.05) is 18.2 Å². The Morgan fingerprint density at radius 1 is 1.04 bits per heavy atom. The highest BCUT2D eigenvalue weighted by Crippen LogP contribution is 2.21. The van der Waals surface area contributed by atoms with E-state index in [1.807, 2.05) is 32.0 Å². The summed E-state index contributed by atoms with van der Waals surface area (Å²) in [6, 6.07) is 11.2. The molecule has 0 aliphatic heterocycles. The second-order valence-corrected chi connectivity index (χ2v) is 6.73. The molecule has 0 saturated heterocycles. The van der Waals surface area contributed by atoms with Crippen LogP contribution in [0.4, 0.5) is 4.39 Å². The summed E-state index contributed by atoms with van der Waals surface area (Å²) in [6.45, 7) is 3.43. The quantitative estimate of drug-likeness (QED) is 0.450. The number of halogens is 1. The zero-order valence-electron chi connectivity index (χ0n) is 14.9. The number of esters is 1. The van der Waals surface area contributed by atoms with Crippen molar-refractivity contribution in [2.75, 3.05) is 12.4 Å². The monoisotopic (exact) mass is 390 g/mol. The number of hydrogen-bond donors (Lipinski definition) is 2.